The maximum Gasteiger partial charge on any atom is 0.341 e. The quantitative estimate of drug-likeness (QED) is 0.244. The molecule has 0 saturated heterocycles. The Hall–Kier alpha value is -2.36. The number of carbonyl (C=O) groups is 3. The van der Waals surface area contributed by atoms with E-state index in [4.69, 9.17) is 37.8 Å². The number of carbonyl (C=O) groups excluding carboxylic acids is 2. The highest BCUT2D eigenvalue weighted by Gasteiger charge is 2.12. The Labute approximate surface area is 159 Å². The number of aliphatic carboxylic acids is 1. The number of halogens is 2. The summed E-state index contributed by atoms with van der Waals surface area (Å²) >= 11 is 11.9. The van der Waals surface area contributed by atoms with Crippen molar-refractivity contribution in [2.45, 2.75) is 6.42 Å². The van der Waals surface area contributed by atoms with Crippen molar-refractivity contribution in [3.8, 4) is 5.75 Å². The standard InChI is InChI=1S/C15H17Cl2N3O6/c1-25-4-2-3-18-14(23)15(24)20-19-7-9-5-10(16)13(11(17)6-9)26-8-12(21)22/h5-7H,2-4,8H2,1H3,(H,18,23)(H,20,24)(H,21,22)/b19-7-. The van der Waals surface area contributed by atoms with Crippen LogP contribution < -0.4 is 15.5 Å². The molecule has 26 heavy (non-hydrogen) atoms. The number of hydrogen-bond acceptors (Lipinski definition) is 6. The number of carboxylic acids is 1. The van der Waals surface area contributed by atoms with E-state index in [1.807, 2.05) is 0 Å². The molecule has 0 radical (unpaired) electrons. The van der Waals surface area contributed by atoms with Gasteiger partial charge in [0.25, 0.3) is 0 Å². The van der Waals surface area contributed by atoms with Gasteiger partial charge >= 0.3 is 17.8 Å². The van der Waals surface area contributed by atoms with Gasteiger partial charge in [0, 0.05) is 20.3 Å². The van der Waals surface area contributed by atoms with Crippen molar-refractivity contribution in [1.82, 2.24) is 10.7 Å². The molecule has 1 aromatic rings. The molecule has 1 rings (SSSR count). The van der Waals surface area contributed by atoms with Crippen LogP contribution in [0.4, 0.5) is 0 Å². The second-order valence-corrected chi connectivity index (χ2v) is 5.61. The van der Waals surface area contributed by atoms with Gasteiger partial charge in [-0.05, 0) is 24.1 Å². The number of hydrazone groups is 1. The molecule has 0 spiro atoms. The zero-order valence-electron chi connectivity index (χ0n) is 13.8. The Morgan fingerprint density at radius 2 is 1.88 bits per heavy atom. The van der Waals surface area contributed by atoms with Crippen LogP contribution >= 0.6 is 23.2 Å². The van der Waals surface area contributed by atoms with Crippen LogP contribution in [0.15, 0.2) is 17.2 Å². The summed E-state index contributed by atoms with van der Waals surface area (Å²) in [7, 11) is 1.53. The molecule has 1 aromatic carbocycles. The summed E-state index contributed by atoms with van der Waals surface area (Å²) in [4.78, 5) is 33.5. The molecule has 0 atom stereocenters. The molecule has 2 amide bonds. The molecule has 0 unspecified atom stereocenters. The first-order valence-corrected chi connectivity index (χ1v) is 8.04. The molecule has 0 aromatic heterocycles. The normalized spacial score (nSPS) is 10.6. The number of benzene rings is 1. The second kappa shape index (κ2) is 11.3. The lowest BCUT2D eigenvalue weighted by molar-refractivity contribution is -0.139. The molecule has 142 valence electrons. The van der Waals surface area contributed by atoms with E-state index in [9.17, 15) is 14.4 Å². The van der Waals surface area contributed by atoms with E-state index in [-0.39, 0.29) is 15.8 Å². The van der Waals surface area contributed by atoms with Crippen LogP contribution in [-0.4, -0.2) is 56.0 Å². The largest absolute Gasteiger partial charge is 0.479 e. The second-order valence-electron chi connectivity index (χ2n) is 4.80. The monoisotopic (exact) mass is 405 g/mol. The average molecular weight is 406 g/mol. The Kier molecular flexibility index (Phi) is 9.42. The van der Waals surface area contributed by atoms with Crippen LogP contribution in [0, 0.1) is 0 Å². The predicted molar refractivity (Wildman–Crippen MR) is 94.8 cm³/mol. The molecule has 0 aliphatic carbocycles. The molecule has 0 bridgehead atoms. The number of methoxy groups -OCH3 is 1. The van der Waals surface area contributed by atoms with E-state index in [1.54, 1.807) is 0 Å². The molecule has 11 heteroatoms. The Morgan fingerprint density at radius 1 is 1.23 bits per heavy atom. The van der Waals surface area contributed by atoms with E-state index in [1.165, 1.54) is 25.5 Å². The van der Waals surface area contributed by atoms with Gasteiger partial charge in [-0.15, -0.1) is 0 Å². The fourth-order valence-corrected chi connectivity index (χ4v) is 2.25. The van der Waals surface area contributed by atoms with E-state index in [0.717, 1.165) is 0 Å². The Balaban J connectivity index is 2.58. The van der Waals surface area contributed by atoms with E-state index < -0.39 is 24.4 Å². The molecular formula is C15H17Cl2N3O6. The third-order valence-corrected chi connectivity index (χ3v) is 3.32. The summed E-state index contributed by atoms with van der Waals surface area (Å²) in [5, 5.41) is 14.8. The number of carboxylic acid groups (broad SMARTS) is 1. The maximum atomic E-state index is 11.5. The minimum atomic E-state index is -1.18. The molecule has 0 saturated carbocycles. The number of ether oxygens (including phenoxy) is 2. The lowest BCUT2D eigenvalue weighted by Crippen LogP contribution is -2.38. The molecule has 0 aliphatic heterocycles. The lowest BCUT2D eigenvalue weighted by atomic mass is 10.2. The topological polar surface area (TPSA) is 126 Å². The summed E-state index contributed by atoms with van der Waals surface area (Å²) in [6.45, 7) is 0.170. The van der Waals surface area contributed by atoms with Crippen molar-refractivity contribution >= 4 is 47.2 Å². The van der Waals surface area contributed by atoms with Crippen molar-refractivity contribution in [1.29, 1.82) is 0 Å². The molecule has 3 N–H and O–H groups in total. The molecule has 9 nitrogen and oxygen atoms in total. The van der Waals surface area contributed by atoms with Gasteiger partial charge in [-0.1, -0.05) is 23.2 Å². The third-order valence-electron chi connectivity index (χ3n) is 2.76. The highest BCUT2D eigenvalue weighted by atomic mass is 35.5. The molecule has 0 heterocycles. The van der Waals surface area contributed by atoms with Crippen molar-refractivity contribution in [2.75, 3.05) is 26.9 Å². The minimum Gasteiger partial charge on any atom is -0.479 e. The van der Waals surface area contributed by atoms with Crippen LogP contribution in [0.2, 0.25) is 10.0 Å². The Bertz CT molecular complexity index is 673. The van der Waals surface area contributed by atoms with Gasteiger partial charge in [0.2, 0.25) is 0 Å². The summed E-state index contributed by atoms with van der Waals surface area (Å²) in [5.41, 5.74) is 2.46. The first kappa shape index (κ1) is 21.7. The van der Waals surface area contributed by atoms with Crippen LogP contribution in [-0.2, 0) is 19.1 Å². The summed E-state index contributed by atoms with van der Waals surface area (Å²) in [6, 6.07) is 2.82. The lowest BCUT2D eigenvalue weighted by Gasteiger charge is -2.08. The van der Waals surface area contributed by atoms with Gasteiger partial charge in [-0.25, -0.2) is 10.2 Å². The minimum absolute atomic E-state index is 0.0207. The predicted octanol–water partition coefficient (Wildman–Crippen LogP) is 1.06. The van der Waals surface area contributed by atoms with Crippen LogP contribution in [0.1, 0.15) is 12.0 Å². The molecule has 0 fully saturated rings. The smallest absolute Gasteiger partial charge is 0.341 e. The van der Waals surface area contributed by atoms with E-state index in [0.29, 0.717) is 25.1 Å². The number of nitrogens with one attached hydrogen (secondary N) is 2. The van der Waals surface area contributed by atoms with Gasteiger partial charge in [0.1, 0.15) is 0 Å². The fourth-order valence-electron chi connectivity index (χ4n) is 1.64. The molecular weight excluding hydrogens is 389 g/mol. The van der Waals surface area contributed by atoms with Crippen LogP contribution in [0.25, 0.3) is 0 Å². The van der Waals surface area contributed by atoms with Crippen molar-refractivity contribution < 1.29 is 29.0 Å². The van der Waals surface area contributed by atoms with Crippen molar-refractivity contribution in [3.05, 3.63) is 27.7 Å². The Morgan fingerprint density at radius 3 is 2.46 bits per heavy atom. The van der Waals surface area contributed by atoms with Gasteiger partial charge in [0.15, 0.2) is 12.4 Å². The first-order valence-electron chi connectivity index (χ1n) is 7.29. The zero-order chi connectivity index (χ0) is 19.5. The van der Waals surface area contributed by atoms with Gasteiger partial charge in [-0.3, -0.25) is 9.59 Å². The van der Waals surface area contributed by atoms with Crippen molar-refractivity contribution in [3.63, 3.8) is 0 Å². The van der Waals surface area contributed by atoms with Crippen LogP contribution in [0.3, 0.4) is 0 Å². The van der Waals surface area contributed by atoms with Crippen LogP contribution in [0.5, 0.6) is 5.75 Å². The number of rotatable bonds is 9. The maximum absolute atomic E-state index is 11.5. The summed E-state index contributed by atoms with van der Waals surface area (Å²) in [5.74, 6) is -2.91. The first-order chi connectivity index (χ1) is 12.3. The highest BCUT2D eigenvalue weighted by molar-refractivity contribution is 6.37. The highest BCUT2D eigenvalue weighted by Crippen LogP contribution is 2.33. The van der Waals surface area contributed by atoms with Gasteiger partial charge in [0.05, 0.1) is 16.3 Å². The zero-order valence-corrected chi connectivity index (χ0v) is 15.3. The summed E-state index contributed by atoms with van der Waals surface area (Å²) in [6.07, 6.45) is 1.79. The SMILES string of the molecule is COCCCNC(=O)C(=O)N/N=C\c1cc(Cl)c(OCC(=O)O)c(Cl)c1. The van der Waals surface area contributed by atoms with E-state index in [2.05, 4.69) is 15.8 Å². The van der Waals surface area contributed by atoms with E-state index >= 15 is 0 Å². The van der Waals surface area contributed by atoms with Gasteiger partial charge in [-0.2, -0.15) is 5.10 Å². The fraction of sp³-hybridized carbons (Fsp3) is 0.333. The van der Waals surface area contributed by atoms with Gasteiger partial charge < -0.3 is 19.9 Å². The number of nitrogens with zero attached hydrogens (tertiary/aromatic N) is 1. The third kappa shape index (κ3) is 7.68. The average Bonchev–Trinajstić information content (AvgIpc) is 2.57. The van der Waals surface area contributed by atoms with Crippen molar-refractivity contribution in [2.24, 2.45) is 5.10 Å². The summed E-state index contributed by atoms with van der Waals surface area (Å²) < 4.78 is 9.79. The number of hydrogen-bond donors (Lipinski definition) is 3. The number of amides is 2. The molecule has 0 aliphatic rings.